The molecule has 6 nitrogen and oxygen atoms in total. The van der Waals surface area contributed by atoms with Crippen LogP contribution in [-0.4, -0.2) is 48.8 Å². The van der Waals surface area contributed by atoms with Crippen LogP contribution in [0.15, 0.2) is 24.3 Å². The van der Waals surface area contributed by atoms with Gasteiger partial charge in [0.2, 0.25) is 17.7 Å². The molecule has 27 heavy (non-hydrogen) atoms. The third-order valence-corrected chi connectivity index (χ3v) is 5.51. The minimum Gasteiger partial charge on any atom is -0.355 e. The summed E-state index contributed by atoms with van der Waals surface area (Å²) >= 11 is 5.88. The number of likely N-dealkylation sites (tertiary alicyclic amines) is 1. The van der Waals surface area contributed by atoms with Gasteiger partial charge in [0.1, 0.15) is 5.92 Å². The highest BCUT2D eigenvalue weighted by atomic mass is 35.5. The molecule has 1 unspecified atom stereocenters. The van der Waals surface area contributed by atoms with Crippen LogP contribution < -0.4 is 10.2 Å². The lowest BCUT2D eigenvalue weighted by Crippen LogP contribution is -2.39. The highest BCUT2D eigenvalue weighted by Gasteiger charge is 2.37. The molecule has 0 bridgehead atoms. The largest absolute Gasteiger partial charge is 0.355 e. The van der Waals surface area contributed by atoms with Gasteiger partial charge in [-0.2, -0.15) is 0 Å². The first-order valence-electron chi connectivity index (χ1n) is 9.68. The predicted molar refractivity (Wildman–Crippen MR) is 105 cm³/mol. The van der Waals surface area contributed by atoms with Gasteiger partial charge < -0.3 is 15.1 Å². The lowest BCUT2D eigenvalue weighted by atomic mass is 10.1. The molecular weight excluding hydrogens is 366 g/mol. The van der Waals surface area contributed by atoms with Gasteiger partial charge in [0, 0.05) is 43.3 Å². The minimum atomic E-state index is -0.686. The molecule has 0 aliphatic carbocycles. The quantitative estimate of drug-likeness (QED) is 0.784. The fourth-order valence-electron chi connectivity index (χ4n) is 3.69. The van der Waals surface area contributed by atoms with Gasteiger partial charge in [-0.1, -0.05) is 24.4 Å². The predicted octanol–water partition coefficient (Wildman–Crippen LogP) is 2.60. The van der Waals surface area contributed by atoms with Crippen molar-refractivity contribution in [2.75, 3.05) is 31.1 Å². The smallest absolute Gasteiger partial charge is 0.239 e. The Kier molecular flexibility index (Phi) is 6.72. The second kappa shape index (κ2) is 9.22. The Morgan fingerprint density at radius 3 is 2.37 bits per heavy atom. The summed E-state index contributed by atoms with van der Waals surface area (Å²) in [6.07, 6.45) is 5.22. The van der Waals surface area contributed by atoms with Crippen LogP contribution in [0.25, 0.3) is 0 Å². The zero-order chi connectivity index (χ0) is 19.2. The molecule has 0 spiro atoms. The zero-order valence-electron chi connectivity index (χ0n) is 15.5. The van der Waals surface area contributed by atoms with E-state index >= 15 is 0 Å². The Bertz CT molecular complexity index is 684. The Morgan fingerprint density at radius 1 is 1.04 bits per heavy atom. The van der Waals surface area contributed by atoms with Gasteiger partial charge in [0.15, 0.2) is 0 Å². The van der Waals surface area contributed by atoms with E-state index < -0.39 is 5.92 Å². The Labute approximate surface area is 164 Å². The highest BCUT2D eigenvalue weighted by Crippen LogP contribution is 2.26. The minimum absolute atomic E-state index is 0.0812. The molecule has 0 radical (unpaired) electrons. The number of amides is 3. The molecule has 0 saturated carbocycles. The van der Waals surface area contributed by atoms with Crippen LogP contribution in [0, 0.1) is 5.92 Å². The number of halogens is 1. The molecule has 2 heterocycles. The fraction of sp³-hybridized carbons (Fsp3) is 0.550. The number of carbonyl (C=O) groups excluding carboxylic acids is 3. The van der Waals surface area contributed by atoms with Crippen LogP contribution in [0.4, 0.5) is 5.69 Å². The van der Waals surface area contributed by atoms with E-state index in [2.05, 4.69) is 5.32 Å². The molecule has 1 aromatic carbocycles. The van der Waals surface area contributed by atoms with Crippen molar-refractivity contribution in [2.24, 2.45) is 5.92 Å². The standard InChI is InChI=1S/C20H26ClN3O3/c21-15-5-7-16(8-6-15)24-14-10-17(20(24)27)19(26)22-11-9-18(25)23-12-3-1-2-4-13-23/h5-8,17H,1-4,9-14H2,(H,22,26). The van der Waals surface area contributed by atoms with Gasteiger partial charge in [0.05, 0.1) is 0 Å². The first-order valence-corrected chi connectivity index (χ1v) is 10.1. The molecule has 0 aromatic heterocycles. The SMILES string of the molecule is O=C(NCCC(=O)N1CCCCCC1)C1CCN(c2ccc(Cl)cc2)C1=O. The van der Waals surface area contributed by atoms with Crippen molar-refractivity contribution in [1.82, 2.24) is 10.2 Å². The van der Waals surface area contributed by atoms with Crippen molar-refractivity contribution in [1.29, 1.82) is 0 Å². The van der Waals surface area contributed by atoms with Crippen LogP contribution in [0.3, 0.4) is 0 Å². The van der Waals surface area contributed by atoms with E-state index in [0.717, 1.165) is 31.6 Å². The molecular formula is C20H26ClN3O3. The van der Waals surface area contributed by atoms with Crippen LogP contribution in [0.5, 0.6) is 0 Å². The van der Waals surface area contributed by atoms with Gasteiger partial charge in [-0.3, -0.25) is 14.4 Å². The van der Waals surface area contributed by atoms with E-state index in [1.807, 2.05) is 4.90 Å². The average Bonchev–Trinajstić information content (AvgIpc) is 2.87. The monoisotopic (exact) mass is 391 g/mol. The molecule has 1 N–H and O–H groups in total. The van der Waals surface area contributed by atoms with Crippen molar-refractivity contribution in [2.45, 2.75) is 38.5 Å². The number of rotatable bonds is 5. The Morgan fingerprint density at radius 2 is 1.70 bits per heavy atom. The van der Waals surface area contributed by atoms with Crippen molar-refractivity contribution >= 4 is 35.0 Å². The first-order chi connectivity index (χ1) is 13.1. The maximum atomic E-state index is 12.6. The number of benzene rings is 1. The number of carbonyl (C=O) groups is 3. The van der Waals surface area contributed by atoms with Gasteiger partial charge in [-0.15, -0.1) is 0 Å². The zero-order valence-corrected chi connectivity index (χ0v) is 16.2. The molecule has 2 aliphatic rings. The van der Waals surface area contributed by atoms with E-state index in [0.29, 0.717) is 18.0 Å². The summed E-state index contributed by atoms with van der Waals surface area (Å²) in [6.45, 7) is 2.40. The van der Waals surface area contributed by atoms with Crippen molar-refractivity contribution in [3.63, 3.8) is 0 Å². The molecule has 2 aliphatic heterocycles. The van der Waals surface area contributed by atoms with E-state index in [1.165, 1.54) is 12.8 Å². The molecule has 3 rings (SSSR count). The molecule has 2 saturated heterocycles. The van der Waals surface area contributed by atoms with Crippen LogP contribution >= 0.6 is 11.6 Å². The normalized spacial score (nSPS) is 20.5. The third kappa shape index (κ3) is 5.01. The Hall–Kier alpha value is -2.08. The van der Waals surface area contributed by atoms with E-state index in [1.54, 1.807) is 29.2 Å². The maximum Gasteiger partial charge on any atom is 0.239 e. The summed E-state index contributed by atoms with van der Waals surface area (Å²) in [7, 11) is 0. The van der Waals surface area contributed by atoms with Gasteiger partial charge >= 0.3 is 0 Å². The number of nitrogens with one attached hydrogen (secondary N) is 1. The summed E-state index contributed by atoms with van der Waals surface area (Å²) in [4.78, 5) is 40.7. The molecule has 7 heteroatoms. The summed E-state index contributed by atoms with van der Waals surface area (Å²) < 4.78 is 0. The van der Waals surface area contributed by atoms with Crippen molar-refractivity contribution in [3.05, 3.63) is 29.3 Å². The maximum absolute atomic E-state index is 12.6. The van der Waals surface area contributed by atoms with Crippen molar-refractivity contribution in [3.8, 4) is 0 Å². The highest BCUT2D eigenvalue weighted by molar-refractivity contribution is 6.30. The molecule has 2 fully saturated rings. The molecule has 146 valence electrons. The number of nitrogens with zero attached hydrogens (tertiary/aromatic N) is 2. The van der Waals surface area contributed by atoms with Gasteiger partial charge in [-0.25, -0.2) is 0 Å². The summed E-state index contributed by atoms with van der Waals surface area (Å²) in [6, 6.07) is 7.01. The van der Waals surface area contributed by atoms with Crippen molar-refractivity contribution < 1.29 is 14.4 Å². The summed E-state index contributed by atoms with van der Waals surface area (Å²) in [5.41, 5.74) is 0.746. The van der Waals surface area contributed by atoms with Crippen LogP contribution in [0.1, 0.15) is 38.5 Å². The Balaban J connectivity index is 1.46. The first kappa shape index (κ1) is 19.7. The van der Waals surface area contributed by atoms with Crippen LogP contribution in [-0.2, 0) is 14.4 Å². The average molecular weight is 392 g/mol. The number of hydrogen-bond acceptors (Lipinski definition) is 3. The number of hydrogen-bond donors (Lipinski definition) is 1. The van der Waals surface area contributed by atoms with E-state index in [9.17, 15) is 14.4 Å². The molecule has 1 atom stereocenters. The fourth-order valence-corrected chi connectivity index (χ4v) is 3.82. The topological polar surface area (TPSA) is 69.7 Å². The summed E-state index contributed by atoms with van der Waals surface area (Å²) in [5, 5.41) is 3.37. The lowest BCUT2D eigenvalue weighted by Gasteiger charge is -2.20. The molecule has 1 aromatic rings. The van der Waals surface area contributed by atoms with E-state index in [-0.39, 0.29) is 30.7 Å². The number of anilines is 1. The summed E-state index contributed by atoms with van der Waals surface area (Å²) in [5.74, 6) is -1.10. The molecule has 3 amide bonds. The lowest BCUT2D eigenvalue weighted by molar-refractivity contribution is -0.132. The van der Waals surface area contributed by atoms with Gasteiger partial charge in [0.25, 0.3) is 0 Å². The third-order valence-electron chi connectivity index (χ3n) is 5.26. The second-order valence-corrected chi connectivity index (χ2v) is 7.58. The van der Waals surface area contributed by atoms with Crippen LogP contribution in [0.2, 0.25) is 5.02 Å². The van der Waals surface area contributed by atoms with E-state index in [4.69, 9.17) is 11.6 Å². The second-order valence-electron chi connectivity index (χ2n) is 7.14. The van der Waals surface area contributed by atoms with Gasteiger partial charge in [-0.05, 0) is 43.5 Å².